The summed E-state index contributed by atoms with van der Waals surface area (Å²) in [7, 11) is 0. The number of aromatic nitrogens is 2. The summed E-state index contributed by atoms with van der Waals surface area (Å²) < 4.78 is 6.78. The molecule has 1 heterocycles. The van der Waals surface area contributed by atoms with Crippen molar-refractivity contribution in [3.8, 4) is 11.5 Å². The monoisotopic (exact) mass is 394 g/mol. The van der Waals surface area contributed by atoms with Gasteiger partial charge in [0.15, 0.2) is 0 Å². The highest BCUT2D eigenvalue weighted by molar-refractivity contribution is 14.1. The Morgan fingerprint density at radius 3 is 2.81 bits per heavy atom. The molecule has 0 amide bonds. The molecule has 0 fully saturated rings. The smallest absolute Gasteiger partial charge is 0.393 e. The van der Waals surface area contributed by atoms with E-state index in [9.17, 15) is 4.79 Å². The van der Waals surface area contributed by atoms with Crippen LogP contribution in [0.4, 0.5) is 0 Å². The number of hydrogen-bond acceptors (Lipinski definition) is 4. The van der Waals surface area contributed by atoms with Gasteiger partial charge in [-0.3, -0.25) is 0 Å². The highest BCUT2D eigenvalue weighted by atomic mass is 127. The number of hydrogen-bond donors (Lipinski definition) is 1. The third-order valence-corrected chi connectivity index (χ3v) is 3.20. The quantitative estimate of drug-likeness (QED) is 0.792. The van der Waals surface area contributed by atoms with E-state index in [1.807, 2.05) is 12.1 Å². The zero-order valence-corrected chi connectivity index (χ0v) is 11.4. The largest absolute Gasteiger partial charge is 0.474 e. The van der Waals surface area contributed by atoms with Crippen LogP contribution >= 0.6 is 38.5 Å². The van der Waals surface area contributed by atoms with E-state index < -0.39 is 11.9 Å². The summed E-state index contributed by atoms with van der Waals surface area (Å²) in [6.07, 6.45) is 0. The van der Waals surface area contributed by atoms with Crippen LogP contribution < -0.4 is 0 Å². The van der Waals surface area contributed by atoms with Crippen molar-refractivity contribution in [1.29, 1.82) is 0 Å². The van der Waals surface area contributed by atoms with E-state index in [1.165, 1.54) is 0 Å². The van der Waals surface area contributed by atoms with Gasteiger partial charge < -0.3 is 9.52 Å². The van der Waals surface area contributed by atoms with Crippen LogP contribution in [0.15, 0.2) is 27.1 Å². The Labute approximate surface area is 112 Å². The molecule has 1 aromatic carbocycles. The molecule has 0 aliphatic carbocycles. The fourth-order valence-electron chi connectivity index (χ4n) is 1.08. The first-order valence-electron chi connectivity index (χ1n) is 4.10. The molecule has 0 saturated heterocycles. The fourth-order valence-corrected chi connectivity index (χ4v) is 2.01. The number of benzene rings is 1. The summed E-state index contributed by atoms with van der Waals surface area (Å²) in [5.74, 6) is -1.45. The second kappa shape index (κ2) is 4.50. The SMILES string of the molecule is O=C(O)c1nnc(-c2cc(Br)ccc2I)o1. The van der Waals surface area contributed by atoms with Gasteiger partial charge in [-0.1, -0.05) is 15.9 Å². The third-order valence-electron chi connectivity index (χ3n) is 1.77. The molecule has 0 aliphatic heterocycles. The molecule has 82 valence electrons. The molecule has 2 aromatic rings. The van der Waals surface area contributed by atoms with Crippen molar-refractivity contribution < 1.29 is 14.3 Å². The van der Waals surface area contributed by atoms with Gasteiger partial charge in [0.25, 0.3) is 0 Å². The van der Waals surface area contributed by atoms with Crippen LogP contribution in [-0.4, -0.2) is 21.3 Å². The molecular formula is C9H4BrIN2O3. The van der Waals surface area contributed by atoms with Crippen molar-refractivity contribution in [2.75, 3.05) is 0 Å². The van der Waals surface area contributed by atoms with Gasteiger partial charge in [-0.25, -0.2) is 4.79 Å². The van der Waals surface area contributed by atoms with E-state index in [0.29, 0.717) is 5.56 Å². The Balaban J connectivity index is 2.50. The number of carbonyl (C=O) groups is 1. The van der Waals surface area contributed by atoms with Crippen LogP contribution in [0.25, 0.3) is 11.5 Å². The number of nitrogens with zero attached hydrogens (tertiary/aromatic N) is 2. The summed E-state index contributed by atoms with van der Waals surface area (Å²) in [4.78, 5) is 10.6. The normalized spacial score (nSPS) is 10.4. The fraction of sp³-hybridized carbons (Fsp3) is 0. The maximum atomic E-state index is 10.6. The number of carboxylic acid groups (broad SMARTS) is 1. The molecule has 0 unspecified atom stereocenters. The molecule has 1 aromatic heterocycles. The van der Waals surface area contributed by atoms with Gasteiger partial charge in [0.05, 0.1) is 5.56 Å². The van der Waals surface area contributed by atoms with E-state index in [0.717, 1.165) is 8.04 Å². The highest BCUT2D eigenvalue weighted by Crippen LogP contribution is 2.27. The number of rotatable bonds is 2. The molecule has 16 heavy (non-hydrogen) atoms. The zero-order valence-electron chi connectivity index (χ0n) is 7.65. The number of carboxylic acids is 1. The second-order valence-corrected chi connectivity index (χ2v) is 4.92. The van der Waals surface area contributed by atoms with E-state index in [-0.39, 0.29) is 5.89 Å². The first-order valence-corrected chi connectivity index (χ1v) is 5.97. The zero-order chi connectivity index (χ0) is 11.7. The van der Waals surface area contributed by atoms with Crippen molar-refractivity contribution >= 4 is 44.5 Å². The Morgan fingerprint density at radius 1 is 1.44 bits per heavy atom. The minimum atomic E-state index is -1.23. The lowest BCUT2D eigenvalue weighted by molar-refractivity contribution is 0.0654. The van der Waals surface area contributed by atoms with Gasteiger partial charge in [-0.05, 0) is 40.8 Å². The molecule has 7 heteroatoms. The molecule has 0 radical (unpaired) electrons. The van der Waals surface area contributed by atoms with E-state index in [1.54, 1.807) is 6.07 Å². The first kappa shape index (κ1) is 11.5. The molecule has 0 aliphatic rings. The second-order valence-electron chi connectivity index (χ2n) is 2.84. The Hall–Kier alpha value is -0.960. The summed E-state index contributed by atoms with van der Waals surface area (Å²) in [6, 6.07) is 5.53. The Morgan fingerprint density at radius 2 is 2.19 bits per heavy atom. The van der Waals surface area contributed by atoms with Crippen molar-refractivity contribution in [3.05, 3.63) is 32.1 Å². The number of halogens is 2. The minimum Gasteiger partial charge on any atom is -0.474 e. The molecule has 1 N–H and O–H groups in total. The maximum absolute atomic E-state index is 10.6. The van der Waals surface area contributed by atoms with Gasteiger partial charge in [-0.15, -0.1) is 10.2 Å². The molecule has 0 spiro atoms. The van der Waals surface area contributed by atoms with Crippen molar-refractivity contribution in [1.82, 2.24) is 10.2 Å². The predicted molar refractivity (Wildman–Crippen MR) is 67.1 cm³/mol. The van der Waals surface area contributed by atoms with Crippen LogP contribution in [-0.2, 0) is 0 Å². The standard InChI is InChI=1S/C9H4BrIN2O3/c10-4-1-2-6(11)5(3-4)7-12-13-8(16-7)9(14)15/h1-3H,(H,14,15). The van der Waals surface area contributed by atoms with Gasteiger partial charge >= 0.3 is 11.9 Å². The lowest BCUT2D eigenvalue weighted by Gasteiger charge is -1.99. The van der Waals surface area contributed by atoms with Gasteiger partial charge in [-0.2, -0.15) is 0 Å². The topological polar surface area (TPSA) is 76.2 Å². The summed E-state index contributed by atoms with van der Waals surface area (Å²) in [5.41, 5.74) is 0.704. The van der Waals surface area contributed by atoms with E-state index in [4.69, 9.17) is 9.52 Å². The van der Waals surface area contributed by atoms with Crippen LogP contribution in [0.2, 0.25) is 0 Å². The molecular weight excluding hydrogens is 391 g/mol. The molecule has 0 atom stereocenters. The van der Waals surface area contributed by atoms with Crippen molar-refractivity contribution in [2.45, 2.75) is 0 Å². The lowest BCUT2D eigenvalue weighted by Crippen LogP contribution is -1.95. The predicted octanol–water partition coefficient (Wildman–Crippen LogP) is 2.80. The summed E-state index contributed by atoms with van der Waals surface area (Å²) in [5, 5.41) is 15.8. The average molecular weight is 395 g/mol. The Bertz CT molecular complexity index is 555. The van der Waals surface area contributed by atoms with Crippen LogP contribution in [0.3, 0.4) is 0 Å². The number of aromatic carboxylic acids is 1. The van der Waals surface area contributed by atoms with E-state index in [2.05, 4.69) is 48.7 Å². The van der Waals surface area contributed by atoms with Gasteiger partial charge in [0.1, 0.15) is 0 Å². The third kappa shape index (κ3) is 2.24. The van der Waals surface area contributed by atoms with Crippen LogP contribution in [0.1, 0.15) is 10.7 Å². The molecule has 0 bridgehead atoms. The molecule has 0 saturated carbocycles. The van der Waals surface area contributed by atoms with Crippen LogP contribution in [0, 0.1) is 3.57 Å². The molecule has 2 rings (SSSR count). The highest BCUT2D eigenvalue weighted by Gasteiger charge is 2.16. The Kier molecular flexibility index (Phi) is 3.24. The van der Waals surface area contributed by atoms with Crippen molar-refractivity contribution in [3.63, 3.8) is 0 Å². The van der Waals surface area contributed by atoms with Gasteiger partial charge in [0.2, 0.25) is 5.89 Å². The summed E-state index contributed by atoms with van der Waals surface area (Å²) in [6.45, 7) is 0. The average Bonchev–Trinajstić information content (AvgIpc) is 2.70. The summed E-state index contributed by atoms with van der Waals surface area (Å²) >= 11 is 5.43. The first-order chi connectivity index (χ1) is 7.58. The van der Waals surface area contributed by atoms with Crippen molar-refractivity contribution in [2.24, 2.45) is 0 Å². The maximum Gasteiger partial charge on any atom is 0.393 e. The van der Waals surface area contributed by atoms with Gasteiger partial charge in [0, 0.05) is 8.04 Å². The van der Waals surface area contributed by atoms with Crippen LogP contribution in [0.5, 0.6) is 0 Å². The molecule has 5 nitrogen and oxygen atoms in total. The minimum absolute atomic E-state index is 0.197. The van der Waals surface area contributed by atoms with E-state index >= 15 is 0 Å². The lowest BCUT2D eigenvalue weighted by atomic mass is 10.2.